The summed E-state index contributed by atoms with van der Waals surface area (Å²) in [4.78, 5) is 0. The standard InChI is InChI=1S/C17H20ClNO/c1-3-16(19-2)14-9-5-7-11-17(14)20-12-13-8-4-6-10-15(13)18/h4-11,16,19H,3,12H2,1-2H3. The van der Waals surface area contributed by atoms with Crippen molar-refractivity contribution >= 4 is 11.6 Å². The summed E-state index contributed by atoms with van der Waals surface area (Å²) in [5.41, 5.74) is 2.19. The Morgan fingerprint density at radius 3 is 2.50 bits per heavy atom. The Kier molecular flexibility index (Phi) is 5.45. The van der Waals surface area contributed by atoms with Gasteiger partial charge >= 0.3 is 0 Å². The number of ether oxygens (including phenoxy) is 1. The van der Waals surface area contributed by atoms with Crippen molar-refractivity contribution in [1.82, 2.24) is 5.32 Å². The molecule has 0 spiro atoms. The molecule has 0 saturated heterocycles. The molecule has 1 N–H and O–H groups in total. The van der Waals surface area contributed by atoms with Crippen LogP contribution in [0.1, 0.15) is 30.5 Å². The average Bonchev–Trinajstić information content (AvgIpc) is 2.49. The van der Waals surface area contributed by atoms with Crippen LogP contribution in [0.15, 0.2) is 48.5 Å². The molecule has 2 rings (SSSR count). The van der Waals surface area contributed by atoms with Crippen LogP contribution < -0.4 is 10.1 Å². The number of nitrogens with one attached hydrogen (secondary N) is 1. The molecule has 20 heavy (non-hydrogen) atoms. The first-order chi connectivity index (χ1) is 9.76. The molecule has 0 heterocycles. The van der Waals surface area contributed by atoms with Crippen molar-refractivity contribution in [3.8, 4) is 5.75 Å². The highest BCUT2D eigenvalue weighted by molar-refractivity contribution is 6.31. The van der Waals surface area contributed by atoms with Gasteiger partial charge in [0.05, 0.1) is 0 Å². The van der Waals surface area contributed by atoms with Gasteiger partial charge in [0.15, 0.2) is 0 Å². The van der Waals surface area contributed by atoms with Gasteiger partial charge in [-0.25, -0.2) is 0 Å². The van der Waals surface area contributed by atoms with Crippen LogP contribution >= 0.6 is 11.6 Å². The Labute approximate surface area is 125 Å². The molecule has 106 valence electrons. The summed E-state index contributed by atoms with van der Waals surface area (Å²) in [6.07, 6.45) is 1.02. The molecule has 0 radical (unpaired) electrons. The molecular weight excluding hydrogens is 270 g/mol. The summed E-state index contributed by atoms with van der Waals surface area (Å²) >= 11 is 6.16. The van der Waals surface area contributed by atoms with Gasteiger partial charge in [-0.05, 0) is 25.6 Å². The molecule has 0 bridgehead atoms. The molecule has 0 saturated carbocycles. The van der Waals surface area contributed by atoms with Crippen molar-refractivity contribution in [3.63, 3.8) is 0 Å². The molecule has 2 aromatic rings. The fourth-order valence-corrected chi connectivity index (χ4v) is 2.44. The zero-order valence-electron chi connectivity index (χ0n) is 11.9. The first-order valence-electron chi connectivity index (χ1n) is 6.88. The van der Waals surface area contributed by atoms with Gasteiger partial charge < -0.3 is 10.1 Å². The molecule has 0 aliphatic rings. The highest BCUT2D eigenvalue weighted by Crippen LogP contribution is 2.28. The van der Waals surface area contributed by atoms with Gasteiger partial charge in [-0.3, -0.25) is 0 Å². The second-order valence-electron chi connectivity index (χ2n) is 4.67. The summed E-state index contributed by atoms with van der Waals surface area (Å²) in [7, 11) is 1.97. The number of halogens is 1. The molecule has 2 aromatic carbocycles. The quantitative estimate of drug-likeness (QED) is 0.840. The molecular formula is C17H20ClNO. The van der Waals surface area contributed by atoms with Crippen molar-refractivity contribution in [1.29, 1.82) is 0 Å². The van der Waals surface area contributed by atoms with Crippen molar-refractivity contribution in [3.05, 3.63) is 64.7 Å². The van der Waals surface area contributed by atoms with Crippen LogP contribution in [0.3, 0.4) is 0 Å². The maximum absolute atomic E-state index is 6.16. The lowest BCUT2D eigenvalue weighted by Crippen LogP contribution is -2.16. The third-order valence-corrected chi connectivity index (χ3v) is 3.76. The zero-order chi connectivity index (χ0) is 14.4. The van der Waals surface area contributed by atoms with Gasteiger partial charge in [0.1, 0.15) is 12.4 Å². The maximum Gasteiger partial charge on any atom is 0.124 e. The number of para-hydroxylation sites is 1. The maximum atomic E-state index is 6.16. The molecule has 2 nitrogen and oxygen atoms in total. The van der Waals surface area contributed by atoms with E-state index in [-0.39, 0.29) is 0 Å². The fourth-order valence-electron chi connectivity index (χ4n) is 2.25. The zero-order valence-corrected chi connectivity index (χ0v) is 12.7. The van der Waals surface area contributed by atoms with E-state index in [2.05, 4.69) is 18.3 Å². The SMILES string of the molecule is CCC(NC)c1ccccc1OCc1ccccc1Cl. The number of rotatable bonds is 6. The van der Waals surface area contributed by atoms with Crippen LogP contribution in [-0.4, -0.2) is 7.05 Å². The number of hydrogen-bond donors (Lipinski definition) is 1. The summed E-state index contributed by atoms with van der Waals surface area (Å²) < 4.78 is 5.96. The van der Waals surface area contributed by atoms with E-state index in [0.717, 1.165) is 22.8 Å². The Bertz CT molecular complexity index is 552. The minimum Gasteiger partial charge on any atom is -0.489 e. The summed E-state index contributed by atoms with van der Waals surface area (Å²) in [6.45, 7) is 2.64. The predicted octanol–water partition coefficient (Wildman–Crippen LogP) is 4.59. The van der Waals surface area contributed by atoms with Crippen LogP contribution in [0, 0.1) is 0 Å². The Balaban J connectivity index is 2.16. The third-order valence-electron chi connectivity index (χ3n) is 3.39. The average molecular weight is 290 g/mol. The van der Waals surface area contributed by atoms with E-state index in [1.165, 1.54) is 5.56 Å². The molecule has 0 aliphatic heterocycles. The van der Waals surface area contributed by atoms with Crippen molar-refractivity contribution in [2.24, 2.45) is 0 Å². The third kappa shape index (κ3) is 3.53. The minimum atomic E-state index is 0.303. The van der Waals surface area contributed by atoms with Crippen LogP contribution in [0.2, 0.25) is 5.02 Å². The monoisotopic (exact) mass is 289 g/mol. The topological polar surface area (TPSA) is 21.3 Å². The van der Waals surface area contributed by atoms with Crippen LogP contribution in [0.5, 0.6) is 5.75 Å². The molecule has 1 atom stereocenters. The lowest BCUT2D eigenvalue weighted by atomic mass is 10.0. The molecule has 3 heteroatoms. The van der Waals surface area contributed by atoms with Crippen molar-refractivity contribution in [2.75, 3.05) is 7.05 Å². The van der Waals surface area contributed by atoms with Crippen molar-refractivity contribution < 1.29 is 4.74 Å². The summed E-state index contributed by atoms with van der Waals surface area (Å²) in [5.74, 6) is 0.911. The first-order valence-corrected chi connectivity index (χ1v) is 7.26. The van der Waals surface area contributed by atoms with Crippen LogP contribution in [-0.2, 0) is 6.61 Å². The minimum absolute atomic E-state index is 0.303. The largest absolute Gasteiger partial charge is 0.489 e. The molecule has 0 aromatic heterocycles. The second-order valence-corrected chi connectivity index (χ2v) is 5.07. The van der Waals surface area contributed by atoms with Crippen LogP contribution in [0.25, 0.3) is 0 Å². The van der Waals surface area contributed by atoms with E-state index >= 15 is 0 Å². The Morgan fingerprint density at radius 1 is 1.10 bits per heavy atom. The van der Waals surface area contributed by atoms with E-state index in [4.69, 9.17) is 16.3 Å². The smallest absolute Gasteiger partial charge is 0.124 e. The van der Waals surface area contributed by atoms with E-state index in [1.807, 2.05) is 49.5 Å². The second kappa shape index (κ2) is 7.32. The molecule has 0 aliphatic carbocycles. The Morgan fingerprint density at radius 2 is 1.80 bits per heavy atom. The van der Waals surface area contributed by atoms with Gasteiger partial charge in [-0.2, -0.15) is 0 Å². The van der Waals surface area contributed by atoms with E-state index in [9.17, 15) is 0 Å². The van der Waals surface area contributed by atoms with Crippen molar-refractivity contribution in [2.45, 2.75) is 26.0 Å². The lowest BCUT2D eigenvalue weighted by molar-refractivity contribution is 0.299. The highest BCUT2D eigenvalue weighted by Gasteiger charge is 2.12. The van der Waals surface area contributed by atoms with Gasteiger partial charge in [0, 0.05) is 22.2 Å². The van der Waals surface area contributed by atoms with Crippen LogP contribution in [0.4, 0.5) is 0 Å². The number of benzene rings is 2. The van der Waals surface area contributed by atoms with E-state index < -0.39 is 0 Å². The van der Waals surface area contributed by atoms with Gasteiger partial charge in [0.25, 0.3) is 0 Å². The van der Waals surface area contributed by atoms with Gasteiger partial charge in [-0.1, -0.05) is 54.9 Å². The fraction of sp³-hybridized carbons (Fsp3) is 0.294. The lowest BCUT2D eigenvalue weighted by Gasteiger charge is -2.19. The van der Waals surface area contributed by atoms with Gasteiger partial charge in [-0.15, -0.1) is 0 Å². The molecule has 1 unspecified atom stereocenters. The molecule has 0 fully saturated rings. The van der Waals surface area contributed by atoms with Gasteiger partial charge in [0.2, 0.25) is 0 Å². The highest BCUT2D eigenvalue weighted by atomic mass is 35.5. The Hall–Kier alpha value is -1.51. The van der Waals surface area contributed by atoms with E-state index in [1.54, 1.807) is 0 Å². The first kappa shape index (κ1) is 14.9. The summed E-state index contributed by atoms with van der Waals surface area (Å²) in [6, 6.07) is 16.2. The normalized spacial score (nSPS) is 12.2. The van der Waals surface area contributed by atoms with E-state index in [0.29, 0.717) is 12.6 Å². The number of hydrogen-bond acceptors (Lipinski definition) is 2. The molecule has 0 amide bonds. The predicted molar refractivity (Wildman–Crippen MR) is 84.3 cm³/mol. The summed E-state index contributed by atoms with van der Waals surface area (Å²) in [5, 5.41) is 4.05.